The summed E-state index contributed by atoms with van der Waals surface area (Å²) in [5.41, 5.74) is 13.2. The van der Waals surface area contributed by atoms with Gasteiger partial charge in [-0.2, -0.15) is 0 Å². The van der Waals surface area contributed by atoms with Gasteiger partial charge in [0.2, 0.25) is 11.8 Å². The zero-order valence-electron chi connectivity index (χ0n) is 36.8. The molecule has 14 aromatic rings. The average molecular weight is 885 g/mol. The molecule has 4 heterocycles. The maximum atomic E-state index is 6.10. The first-order chi connectivity index (χ1) is 34.1. The largest absolute Gasteiger partial charge is 0.436 e. The summed E-state index contributed by atoms with van der Waals surface area (Å²) in [4.78, 5) is 24.9. The third-order valence-corrected chi connectivity index (χ3v) is 13.1. The van der Waals surface area contributed by atoms with Crippen LogP contribution in [0.3, 0.4) is 0 Å². The molecular formula is C61H36N6O2. The number of nitrogens with zero attached hydrogens (tertiary/aromatic N) is 6. The van der Waals surface area contributed by atoms with Crippen LogP contribution >= 0.6 is 0 Å². The summed E-state index contributed by atoms with van der Waals surface area (Å²) in [6.45, 7) is 0. The van der Waals surface area contributed by atoms with Crippen LogP contribution in [-0.2, 0) is 0 Å². The van der Waals surface area contributed by atoms with E-state index in [4.69, 9.17) is 33.8 Å². The Hall–Kier alpha value is -9.53. The number of hydrogen-bond acceptors (Lipinski definition) is 7. The number of aromatic nitrogens is 6. The molecule has 0 aliphatic rings. The van der Waals surface area contributed by atoms with Crippen LogP contribution < -0.4 is 0 Å². The van der Waals surface area contributed by atoms with Gasteiger partial charge in [0.1, 0.15) is 11.0 Å². The summed E-state index contributed by atoms with van der Waals surface area (Å²) in [5, 5.41) is 7.00. The number of para-hydroxylation sites is 4. The second-order valence-corrected chi connectivity index (χ2v) is 17.3. The highest BCUT2D eigenvalue weighted by atomic mass is 16.4. The van der Waals surface area contributed by atoms with Crippen LogP contribution in [0.25, 0.3) is 139 Å². The summed E-state index contributed by atoms with van der Waals surface area (Å²) in [7, 11) is 0. The van der Waals surface area contributed by atoms with Gasteiger partial charge in [-0.3, -0.25) is 0 Å². The fraction of sp³-hybridized carbons (Fsp3) is 0. The Labute approximate surface area is 394 Å². The standard InChI is InChI=1S/C61H36N6O2/c1-2-10-37(11-3-1)38-26-31-46(32-27-38)67-55-47-13-5-4-12-39(47)28-34-49(55)50-35-29-44-36-45(30-33-48(44)56(50)67)59-65-57(40-18-22-42(23-19-40)60-62-51-14-6-8-16-53(51)68-60)64-58(66-59)41-20-24-43(25-21-41)61-63-52-15-7-9-17-54(52)69-61/h1-36H. The minimum atomic E-state index is 0.545. The lowest BCUT2D eigenvalue weighted by atomic mass is 10.0. The van der Waals surface area contributed by atoms with Gasteiger partial charge >= 0.3 is 0 Å². The maximum Gasteiger partial charge on any atom is 0.227 e. The molecule has 4 aromatic heterocycles. The van der Waals surface area contributed by atoms with Gasteiger partial charge in [-0.1, -0.05) is 152 Å². The van der Waals surface area contributed by atoms with Gasteiger partial charge in [0.25, 0.3) is 0 Å². The van der Waals surface area contributed by atoms with Gasteiger partial charge in [0.05, 0.1) is 11.0 Å². The molecule has 0 aliphatic heterocycles. The minimum absolute atomic E-state index is 0.545. The molecule has 8 nitrogen and oxygen atoms in total. The van der Waals surface area contributed by atoms with Crippen molar-refractivity contribution < 1.29 is 8.83 Å². The molecule has 0 atom stereocenters. The Balaban J connectivity index is 0.913. The second-order valence-electron chi connectivity index (χ2n) is 17.3. The molecule has 10 aromatic carbocycles. The summed E-state index contributed by atoms with van der Waals surface area (Å²) < 4.78 is 14.6. The SMILES string of the molecule is c1ccc(-c2ccc(-n3c4c5ccccc5ccc4c4ccc5cc(-c6nc(-c7ccc(-c8nc9ccccc9o8)cc7)nc(-c7ccc(-c8nc9ccccc9o8)cc7)n6)ccc5c43)cc2)cc1. The minimum Gasteiger partial charge on any atom is -0.436 e. The average Bonchev–Trinajstić information content (AvgIpc) is 4.16. The molecule has 0 saturated heterocycles. The van der Waals surface area contributed by atoms with Crippen molar-refractivity contribution >= 4 is 65.6 Å². The van der Waals surface area contributed by atoms with Crippen LogP contribution in [0.15, 0.2) is 227 Å². The normalized spacial score (nSPS) is 11.8. The predicted octanol–water partition coefficient (Wildman–Crippen LogP) is 15.6. The molecule has 0 N–H and O–H groups in total. The van der Waals surface area contributed by atoms with Crippen molar-refractivity contribution in [2.75, 3.05) is 0 Å². The third kappa shape index (κ3) is 6.57. The van der Waals surface area contributed by atoms with Gasteiger partial charge in [-0.25, -0.2) is 24.9 Å². The van der Waals surface area contributed by atoms with E-state index in [-0.39, 0.29) is 0 Å². The van der Waals surface area contributed by atoms with Crippen molar-refractivity contribution in [3.63, 3.8) is 0 Å². The highest BCUT2D eigenvalue weighted by Crippen LogP contribution is 2.41. The van der Waals surface area contributed by atoms with Crippen LogP contribution in [-0.4, -0.2) is 29.5 Å². The first kappa shape index (κ1) is 38.7. The van der Waals surface area contributed by atoms with E-state index in [9.17, 15) is 0 Å². The lowest BCUT2D eigenvalue weighted by Crippen LogP contribution is -2.00. The van der Waals surface area contributed by atoms with E-state index in [1.165, 1.54) is 38.2 Å². The highest BCUT2D eigenvalue weighted by molar-refractivity contribution is 6.24. The third-order valence-electron chi connectivity index (χ3n) is 13.1. The van der Waals surface area contributed by atoms with Crippen LogP contribution in [0.5, 0.6) is 0 Å². The Morgan fingerprint density at radius 1 is 0.290 bits per heavy atom. The number of benzene rings is 10. The van der Waals surface area contributed by atoms with Gasteiger partial charge in [0.15, 0.2) is 28.6 Å². The van der Waals surface area contributed by atoms with Crippen LogP contribution in [0.4, 0.5) is 0 Å². The second kappa shape index (κ2) is 15.5. The molecule has 0 aliphatic carbocycles. The topological polar surface area (TPSA) is 95.7 Å². The maximum absolute atomic E-state index is 6.10. The summed E-state index contributed by atoms with van der Waals surface area (Å²) in [5.74, 6) is 2.76. The molecule has 0 bridgehead atoms. The van der Waals surface area contributed by atoms with Gasteiger partial charge in [0, 0.05) is 55.0 Å². The summed E-state index contributed by atoms with van der Waals surface area (Å²) in [6.07, 6.45) is 0. The Bertz CT molecular complexity index is 4090. The molecule has 69 heavy (non-hydrogen) atoms. The van der Waals surface area contributed by atoms with E-state index >= 15 is 0 Å². The number of fused-ring (bicyclic) bond motifs is 9. The van der Waals surface area contributed by atoms with Gasteiger partial charge in [-0.15, -0.1) is 0 Å². The van der Waals surface area contributed by atoms with Crippen LogP contribution in [0.1, 0.15) is 0 Å². The zero-order valence-corrected chi connectivity index (χ0v) is 36.8. The first-order valence-corrected chi connectivity index (χ1v) is 22.9. The van der Waals surface area contributed by atoms with Crippen molar-refractivity contribution in [3.8, 4) is 73.9 Å². The first-order valence-electron chi connectivity index (χ1n) is 22.9. The zero-order chi connectivity index (χ0) is 45.4. The number of hydrogen-bond donors (Lipinski definition) is 0. The molecule has 322 valence electrons. The summed E-state index contributed by atoms with van der Waals surface area (Å²) >= 11 is 0. The van der Waals surface area contributed by atoms with Crippen molar-refractivity contribution in [1.29, 1.82) is 0 Å². The Morgan fingerprint density at radius 3 is 1.32 bits per heavy atom. The van der Waals surface area contributed by atoms with E-state index in [0.717, 1.165) is 72.0 Å². The van der Waals surface area contributed by atoms with Crippen molar-refractivity contribution in [1.82, 2.24) is 29.5 Å². The van der Waals surface area contributed by atoms with Crippen molar-refractivity contribution in [2.24, 2.45) is 0 Å². The van der Waals surface area contributed by atoms with E-state index in [2.05, 4.69) is 126 Å². The molecule has 0 fully saturated rings. The van der Waals surface area contributed by atoms with Crippen LogP contribution in [0.2, 0.25) is 0 Å². The van der Waals surface area contributed by atoms with E-state index < -0.39 is 0 Å². The fourth-order valence-electron chi connectivity index (χ4n) is 9.71. The number of oxazole rings is 2. The Kier molecular flexibility index (Phi) is 8.72. The molecular weight excluding hydrogens is 849 g/mol. The lowest BCUT2D eigenvalue weighted by Gasteiger charge is -2.13. The molecule has 0 unspecified atom stereocenters. The smallest absolute Gasteiger partial charge is 0.227 e. The van der Waals surface area contributed by atoms with Crippen molar-refractivity contribution in [2.45, 2.75) is 0 Å². The monoisotopic (exact) mass is 884 g/mol. The molecule has 14 rings (SSSR count). The molecule has 0 amide bonds. The van der Waals surface area contributed by atoms with E-state index in [1.807, 2.05) is 97.1 Å². The lowest BCUT2D eigenvalue weighted by molar-refractivity contribution is 0.619. The molecule has 0 saturated carbocycles. The fourth-order valence-corrected chi connectivity index (χ4v) is 9.71. The van der Waals surface area contributed by atoms with Crippen LogP contribution in [0, 0.1) is 0 Å². The molecule has 0 spiro atoms. The summed E-state index contributed by atoms with van der Waals surface area (Å²) in [6, 6.07) is 75.2. The Morgan fingerprint density at radius 2 is 0.725 bits per heavy atom. The quantitative estimate of drug-likeness (QED) is 0.157. The predicted molar refractivity (Wildman–Crippen MR) is 277 cm³/mol. The van der Waals surface area contributed by atoms with Gasteiger partial charge in [-0.05, 0) is 88.6 Å². The van der Waals surface area contributed by atoms with E-state index in [1.54, 1.807) is 0 Å². The highest BCUT2D eigenvalue weighted by Gasteiger charge is 2.20. The molecule has 0 radical (unpaired) electrons. The number of rotatable bonds is 7. The molecule has 8 heteroatoms. The van der Waals surface area contributed by atoms with Crippen molar-refractivity contribution in [3.05, 3.63) is 218 Å². The van der Waals surface area contributed by atoms with Gasteiger partial charge < -0.3 is 13.4 Å². The van der Waals surface area contributed by atoms with E-state index in [0.29, 0.717) is 29.3 Å².